The Bertz CT molecular complexity index is 688. The van der Waals surface area contributed by atoms with Crippen LogP contribution in [0.15, 0.2) is 42.6 Å². The molecule has 0 unspecified atom stereocenters. The third-order valence-corrected chi connectivity index (χ3v) is 4.05. The highest BCUT2D eigenvalue weighted by molar-refractivity contribution is 6.42. The second-order valence-electron chi connectivity index (χ2n) is 4.72. The summed E-state index contributed by atoms with van der Waals surface area (Å²) in [6, 6.07) is 9.78. The third kappa shape index (κ3) is 2.79. The van der Waals surface area contributed by atoms with E-state index in [1.54, 1.807) is 6.20 Å². The lowest BCUT2D eigenvalue weighted by Crippen LogP contribution is -1.90. The molecule has 3 heteroatoms. The Balaban J connectivity index is 2.12. The molecule has 0 saturated carbocycles. The summed E-state index contributed by atoms with van der Waals surface area (Å²) in [4.78, 5) is 4.36. The third-order valence-electron chi connectivity index (χ3n) is 3.33. The zero-order valence-corrected chi connectivity index (χ0v) is 12.3. The van der Waals surface area contributed by atoms with Gasteiger partial charge in [-0.1, -0.05) is 41.4 Å². The monoisotopic (exact) mass is 301 g/mol. The molecule has 100 valence electrons. The molecule has 3 rings (SSSR count). The average molecular weight is 302 g/mol. The van der Waals surface area contributed by atoms with Crippen LogP contribution in [0.3, 0.4) is 0 Å². The van der Waals surface area contributed by atoms with Gasteiger partial charge >= 0.3 is 0 Å². The van der Waals surface area contributed by atoms with E-state index < -0.39 is 0 Å². The van der Waals surface area contributed by atoms with Crippen LogP contribution in [-0.4, -0.2) is 4.98 Å². The Hall–Kier alpha value is -1.57. The van der Waals surface area contributed by atoms with E-state index in [9.17, 15) is 0 Å². The van der Waals surface area contributed by atoms with Gasteiger partial charge < -0.3 is 0 Å². The van der Waals surface area contributed by atoms with Crippen molar-refractivity contribution >= 4 is 40.9 Å². The lowest BCUT2D eigenvalue weighted by Gasteiger charge is -2.10. The Morgan fingerprint density at radius 2 is 1.95 bits per heavy atom. The summed E-state index contributed by atoms with van der Waals surface area (Å²) in [6.07, 6.45) is 10.2. The van der Waals surface area contributed by atoms with E-state index in [0.29, 0.717) is 10.0 Å². The van der Waals surface area contributed by atoms with Gasteiger partial charge in [0.05, 0.1) is 15.7 Å². The first kappa shape index (κ1) is 13.4. The molecule has 0 bridgehead atoms. The summed E-state index contributed by atoms with van der Waals surface area (Å²) >= 11 is 12.3. The number of hydrogen-bond acceptors (Lipinski definition) is 1. The first-order chi connectivity index (χ1) is 9.74. The van der Waals surface area contributed by atoms with Crippen LogP contribution in [0.5, 0.6) is 0 Å². The second kappa shape index (κ2) is 5.82. The molecule has 20 heavy (non-hydrogen) atoms. The zero-order chi connectivity index (χ0) is 13.9. The fourth-order valence-corrected chi connectivity index (χ4v) is 2.69. The van der Waals surface area contributed by atoms with Gasteiger partial charge in [-0.05, 0) is 59.9 Å². The molecule has 0 atom stereocenters. The van der Waals surface area contributed by atoms with Crippen LogP contribution < -0.4 is 0 Å². The Labute approximate surface area is 128 Å². The predicted molar refractivity (Wildman–Crippen MR) is 86.8 cm³/mol. The summed E-state index contributed by atoms with van der Waals surface area (Å²) in [5, 5.41) is 1.18. The Morgan fingerprint density at radius 1 is 1.10 bits per heavy atom. The van der Waals surface area contributed by atoms with Crippen LogP contribution in [0, 0.1) is 0 Å². The normalized spacial score (nSPS) is 16.0. The van der Waals surface area contributed by atoms with Gasteiger partial charge in [0, 0.05) is 6.20 Å². The molecule has 0 saturated heterocycles. The van der Waals surface area contributed by atoms with Gasteiger partial charge in [0.15, 0.2) is 0 Å². The van der Waals surface area contributed by atoms with Crippen molar-refractivity contribution in [1.82, 2.24) is 4.98 Å². The zero-order valence-electron chi connectivity index (χ0n) is 10.8. The number of pyridine rings is 1. The number of nitrogens with zero attached hydrogens (tertiary/aromatic N) is 1. The summed E-state index contributed by atoms with van der Waals surface area (Å²) < 4.78 is 0. The van der Waals surface area contributed by atoms with E-state index in [-0.39, 0.29) is 0 Å². The van der Waals surface area contributed by atoms with Crippen LogP contribution in [-0.2, 0) is 0 Å². The van der Waals surface area contributed by atoms with Crippen molar-refractivity contribution in [3.8, 4) is 0 Å². The molecule has 0 fully saturated rings. The molecular formula is C17H13Cl2N. The standard InChI is InChI=1S/C17H13Cl2N/c18-16-10-13-6-2-1-5-12(15(13)11-17(16)19)9-14-7-3-4-8-20-14/h2-4,6-11H,1,5H2/b12-9+. The highest BCUT2D eigenvalue weighted by Gasteiger charge is 2.12. The maximum atomic E-state index is 6.17. The lowest BCUT2D eigenvalue weighted by molar-refractivity contribution is 1.08. The number of benzene rings is 1. The number of hydrogen-bond donors (Lipinski definition) is 0. The van der Waals surface area contributed by atoms with Crippen molar-refractivity contribution in [2.24, 2.45) is 0 Å². The molecule has 1 aliphatic rings. The molecule has 0 aliphatic heterocycles. The van der Waals surface area contributed by atoms with Crippen LogP contribution in [0.4, 0.5) is 0 Å². The molecule has 1 aromatic heterocycles. The minimum Gasteiger partial charge on any atom is -0.257 e. The lowest BCUT2D eigenvalue weighted by atomic mass is 9.97. The number of rotatable bonds is 1. The van der Waals surface area contributed by atoms with Gasteiger partial charge in [0.25, 0.3) is 0 Å². The molecule has 0 amide bonds. The summed E-state index contributed by atoms with van der Waals surface area (Å²) in [5.41, 5.74) is 4.45. The Kier molecular flexibility index (Phi) is 3.90. The summed E-state index contributed by atoms with van der Waals surface area (Å²) in [5.74, 6) is 0. The fourth-order valence-electron chi connectivity index (χ4n) is 2.35. The molecule has 0 radical (unpaired) electrons. The maximum absolute atomic E-state index is 6.17. The molecule has 0 N–H and O–H groups in total. The van der Waals surface area contributed by atoms with Crippen molar-refractivity contribution in [2.75, 3.05) is 0 Å². The number of aromatic nitrogens is 1. The minimum atomic E-state index is 0.590. The van der Waals surface area contributed by atoms with E-state index in [2.05, 4.69) is 23.2 Å². The first-order valence-corrected chi connectivity index (χ1v) is 7.27. The SMILES string of the molecule is Clc1cc2c(cc1Cl)/C(=C/c1ccccn1)CCC=C2. The first-order valence-electron chi connectivity index (χ1n) is 6.51. The van der Waals surface area contributed by atoms with Crippen molar-refractivity contribution in [3.63, 3.8) is 0 Å². The highest BCUT2D eigenvalue weighted by atomic mass is 35.5. The van der Waals surface area contributed by atoms with Gasteiger partial charge in [-0.2, -0.15) is 0 Å². The molecule has 1 heterocycles. The second-order valence-corrected chi connectivity index (χ2v) is 5.53. The largest absolute Gasteiger partial charge is 0.257 e. The molecule has 1 aliphatic carbocycles. The van der Waals surface area contributed by atoms with Crippen molar-refractivity contribution < 1.29 is 0 Å². The van der Waals surface area contributed by atoms with E-state index in [0.717, 1.165) is 29.7 Å². The summed E-state index contributed by atoms with van der Waals surface area (Å²) in [6.45, 7) is 0. The number of allylic oxidation sites excluding steroid dienone is 2. The van der Waals surface area contributed by atoms with Crippen molar-refractivity contribution in [1.29, 1.82) is 0 Å². The smallest absolute Gasteiger partial charge is 0.0632 e. The quantitative estimate of drug-likeness (QED) is 0.655. The summed E-state index contributed by atoms with van der Waals surface area (Å²) in [7, 11) is 0. The van der Waals surface area contributed by atoms with Crippen LogP contribution in [0.2, 0.25) is 10.0 Å². The van der Waals surface area contributed by atoms with Crippen molar-refractivity contribution in [3.05, 3.63) is 69.5 Å². The van der Waals surface area contributed by atoms with Gasteiger partial charge in [-0.3, -0.25) is 4.98 Å². The maximum Gasteiger partial charge on any atom is 0.0632 e. The van der Waals surface area contributed by atoms with Gasteiger partial charge in [0.2, 0.25) is 0 Å². The number of fused-ring (bicyclic) bond motifs is 1. The average Bonchev–Trinajstić information content (AvgIpc) is 2.64. The molecular weight excluding hydrogens is 289 g/mol. The van der Waals surface area contributed by atoms with Crippen LogP contribution in [0.25, 0.3) is 17.7 Å². The molecule has 1 nitrogen and oxygen atoms in total. The predicted octanol–water partition coefficient (Wildman–Crippen LogP) is 5.74. The van der Waals surface area contributed by atoms with E-state index >= 15 is 0 Å². The molecule has 1 aromatic carbocycles. The molecule has 0 spiro atoms. The highest BCUT2D eigenvalue weighted by Crippen LogP contribution is 2.35. The minimum absolute atomic E-state index is 0.590. The topological polar surface area (TPSA) is 12.9 Å². The van der Waals surface area contributed by atoms with E-state index in [4.69, 9.17) is 23.2 Å². The van der Waals surface area contributed by atoms with Crippen molar-refractivity contribution in [2.45, 2.75) is 12.8 Å². The van der Waals surface area contributed by atoms with Crippen LogP contribution >= 0.6 is 23.2 Å². The van der Waals surface area contributed by atoms with Crippen LogP contribution in [0.1, 0.15) is 29.7 Å². The van der Waals surface area contributed by atoms with E-state index in [1.165, 1.54) is 5.57 Å². The van der Waals surface area contributed by atoms with Gasteiger partial charge in [0.1, 0.15) is 0 Å². The van der Waals surface area contributed by atoms with Gasteiger partial charge in [-0.25, -0.2) is 0 Å². The van der Waals surface area contributed by atoms with Gasteiger partial charge in [-0.15, -0.1) is 0 Å². The number of halogens is 2. The molecule has 2 aromatic rings. The Morgan fingerprint density at radius 3 is 2.75 bits per heavy atom. The van der Waals surface area contributed by atoms with E-state index in [1.807, 2.05) is 30.3 Å². The fraction of sp³-hybridized carbons (Fsp3) is 0.118.